The minimum Gasteiger partial charge on any atom is -0.459 e. The van der Waals surface area contributed by atoms with Crippen LogP contribution >= 0.6 is 22.6 Å². The molecule has 3 atom stereocenters. The highest BCUT2D eigenvalue weighted by atomic mass is 127. The van der Waals surface area contributed by atoms with Gasteiger partial charge in [-0.3, -0.25) is 0 Å². The molecule has 13 heavy (non-hydrogen) atoms. The summed E-state index contributed by atoms with van der Waals surface area (Å²) in [5.41, 5.74) is 0. The number of carbonyl (C=O) groups is 1. The number of fused-ring (bicyclic) bond motifs is 1. The quantitative estimate of drug-likeness (QED) is 0.386. The van der Waals surface area contributed by atoms with Crippen LogP contribution in [0.1, 0.15) is 19.3 Å². The first kappa shape index (κ1) is 9.71. The summed E-state index contributed by atoms with van der Waals surface area (Å²) in [6, 6.07) is 0. The fraction of sp³-hybridized carbons (Fsp3) is 0.889. The Kier molecular flexibility index (Phi) is 3.08. The van der Waals surface area contributed by atoms with Crippen LogP contribution in [0.4, 0.5) is 0 Å². The molecule has 0 aromatic heterocycles. The van der Waals surface area contributed by atoms with Gasteiger partial charge in [0, 0.05) is 9.84 Å². The molecule has 1 aliphatic heterocycles. The maximum Gasteiger partial charge on any atom is 0.332 e. The summed E-state index contributed by atoms with van der Waals surface area (Å²) in [5.74, 6) is 0.234. The van der Waals surface area contributed by atoms with Crippen molar-refractivity contribution < 1.29 is 14.3 Å². The lowest BCUT2D eigenvalue weighted by Gasteiger charge is -2.32. The van der Waals surface area contributed by atoms with Crippen LogP contribution in [0.15, 0.2) is 0 Å². The zero-order chi connectivity index (χ0) is 9.26. The molecule has 1 aliphatic carbocycles. The van der Waals surface area contributed by atoms with Gasteiger partial charge in [0.2, 0.25) is 0 Å². The van der Waals surface area contributed by atoms with Gasteiger partial charge < -0.3 is 9.47 Å². The Bertz CT molecular complexity index is 207. The molecule has 2 rings (SSSR count). The van der Waals surface area contributed by atoms with Gasteiger partial charge in [-0.2, -0.15) is 0 Å². The Balaban J connectivity index is 2.07. The molecule has 2 fully saturated rings. The molecule has 3 nitrogen and oxygen atoms in total. The molecule has 0 bridgehead atoms. The number of ether oxygens (including phenoxy) is 2. The summed E-state index contributed by atoms with van der Waals surface area (Å²) in [7, 11) is 0. The number of rotatable bonds is 0. The lowest BCUT2D eigenvalue weighted by atomic mass is 9.87. The van der Waals surface area contributed by atoms with Crippen molar-refractivity contribution >= 4 is 28.6 Å². The van der Waals surface area contributed by atoms with E-state index in [1.54, 1.807) is 0 Å². The summed E-state index contributed by atoms with van der Waals surface area (Å²) in [6.07, 6.45) is 3.63. The molecule has 4 heteroatoms. The Hall–Kier alpha value is 0.160. The predicted octanol–water partition coefficient (Wildman–Crippen LogP) is 1.53. The first-order chi connectivity index (χ1) is 6.27. The highest BCUT2D eigenvalue weighted by Crippen LogP contribution is 2.33. The van der Waals surface area contributed by atoms with Gasteiger partial charge in [-0.15, -0.1) is 0 Å². The molecule has 0 unspecified atom stereocenters. The summed E-state index contributed by atoms with van der Waals surface area (Å²) >= 11 is 2.39. The second kappa shape index (κ2) is 4.13. The van der Waals surface area contributed by atoms with Crippen molar-refractivity contribution in [3.8, 4) is 0 Å². The van der Waals surface area contributed by atoms with E-state index in [0.29, 0.717) is 16.4 Å². The molecule has 0 aromatic rings. The molecule has 2 aliphatic rings. The highest BCUT2D eigenvalue weighted by molar-refractivity contribution is 14.1. The maximum atomic E-state index is 11.1. The van der Waals surface area contributed by atoms with Crippen molar-refractivity contribution in [3.05, 3.63) is 0 Å². The average molecular weight is 296 g/mol. The minimum absolute atomic E-state index is 0.101. The molecule has 0 amide bonds. The van der Waals surface area contributed by atoms with E-state index >= 15 is 0 Å². The first-order valence-electron chi connectivity index (χ1n) is 4.68. The Labute approximate surface area is 91.3 Å². The number of carbonyl (C=O) groups excluding carboxylic acids is 1. The van der Waals surface area contributed by atoms with Crippen LogP contribution in [0.25, 0.3) is 0 Å². The number of hydrogen-bond donors (Lipinski definition) is 0. The molecule has 74 valence electrons. The predicted molar refractivity (Wildman–Crippen MR) is 55.8 cm³/mol. The van der Waals surface area contributed by atoms with Gasteiger partial charge in [0.25, 0.3) is 0 Å². The van der Waals surface area contributed by atoms with E-state index in [0.717, 1.165) is 12.8 Å². The fourth-order valence-corrected chi connectivity index (χ4v) is 3.20. The van der Waals surface area contributed by atoms with Crippen molar-refractivity contribution in [1.82, 2.24) is 0 Å². The van der Waals surface area contributed by atoms with Gasteiger partial charge in [-0.25, -0.2) is 4.79 Å². The van der Waals surface area contributed by atoms with Crippen molar-refractivity contribution in [3.63, 3.8) is 0 Å². The molecule has 0 radical (unpaired) electrons. The van der Waals surface area contributed by atoms with Crippen LogP contribution in [0, 0.1) is 5.92 Å². The van der Waals surface area contributed by atoms with Gasteiger partial charge in [-0.1, -0.05) is 29.0 Å². The standard InChI is InChI=1S/C9H13IO3/c10-7-3-1-2-6-4-12-5-8(11)13-9(6)7/h6-7,9H,1-5H2/t6-,7+,9+/m1/s1. The molecule has 1 saturated heterocycles. The van der Waals surface area contributed by atoms with Gasteiger partial charge in [0.05, 0.1) is 6.61 Å². The van der Waals surface area contributed by atoms with Crippen LogP contribution in [-0.2, 0) is 14.3 Å². The van der Waals surface area contributed by atoms with Crippen LogP contribution in [0.3, 0.4) is 0 Å². The van der Waals surface area contributed by atoms with Crippen LogP contribution in [0.2, 0.25) is 0 Å². The molecular formula is C9H13IO3. The third-order valence-corrected chi connectivity index (χ3v) is 4.03. The topological polar surface area (TPSA) is 35.5 Å². The van der Waals surface area contributed by atoms with Crippen molar-refractivity contribution in [2.24, 2.45) is 5.92 Å². The lowest BCUT2D eigenvalue weighted by molar-refractivity contribution is -0.151. The smallest absolute Gasteiger partial charge is 0.332 e. The Morgan fingerprint density at radius 1 is 1.38 bits per heavy atom. The van der Waals surface area contributed by atoms with E-state index in [-0.39, 0.29) is 18.7 Å². The summed E-state index contributed by atoms with van der Waals surface area (Å²) < 4.78 is 11.1. The third kappa shape index (κ3) is 2.15. The number of esters is 1. The van der Waals surface area contributed by atoms with Gasteiger partial charge in [0.1, 0.15) is 12.7 Å². The minimum atomic E-state index is -0.198. The zero-order valence-corrected chi connectivity index (χ0v) is 9.53. The van der Waals surface area contributed by atoms with Gasteiger partial charge >= 0.3 is 5.97 Å². The molecule has 0 aromatic carbocycles. The largest absolute Gasteiger partial charge is 0.459 e. The highest BCUT2D eigenvalue weighted by Gasteiger charge is 2.36. The monoisotopic (exact) mass is 296 g/mol. The van der Waals surface area contributed by atoms with Crippen molar-refractivity contribution in [2.45, 2.75) is 29.3 Å². The van der Waals surface area contributed by atoms with Crippen LogP contribution in [-0.4, -0.2) is 29.2 Å². The molecule has 1 heterocycles. The SMILES string of the molecule is O=C1COC[C@H]2CCC[C@H](I)[C@H]2O1. The van der Waals surface area contributed by atoms with Crippen molar-refractivity contribution in [2.75, 3.05) is 13.2 Å². The second-order valence-corrected chi connectivity index (χ2v) is 5.28. The maximum absolute atomic E-state index is 11.1. The fourth-order valence-electron chi connectivity index (χ4n) is 2.03. The number of alkyl halides is 1. The summed E-state index contributed by atoms with van der Waals surface area (Å²) in [4.78, 5) is 11.1. The van der Waals surface area contributed by atoms with Crippen LogP contribution < -0.4 is 0 Å². The van der Waals surface area contributed by atoms with Crippen molar-refractivity contribution in [1.29, 1.82) is 0 Å². The van der Waals surface area contributed by atoms with E-state index in [1.165, 1.54) is 6.42 Å². The Morgan fingerprint density at radius 2 is 2.23 bits per heavy atom. The average Bonchev–Trinajstić information content (AvgIpc) is 2.28. The van der Waals surface area contributed by atoms with Crippen LogP contribution in [0.5, 0.6) is 0 Å². The molecular weight excluding hydrogens is 283 g/mol. The third-order valence-electron chi connectivity index (χ3n) is 2.70. The number of hydrogen-bond acceptors (Lipinski definition) is 3. The van der Waals surface area contributed by atoms with Gasteiger partial charge in [-0.05, 0) is 12.8 Å². The number of halogens is 1. The lowest BCUT2D eigenvalue weighted by Crippen LogP contribution is -2.37. The Morgan fingerprint density at radius 3 is 3.08 bits per heavy atom. The first-order valence-corrected chi connectivity index (χ1v) is 5.93. The molecule has 1 saturated carbocycles. The van der Waals surface area contributed by atoms with E-state index in [2.05, 4.69) is 22.6 Å². The summed E-state index contributed by atoms with van der Waals surface area (Å²) in [5, 5.41) is 0. The van der Waals surface area contributed by atoms with E-state index in [9.17, 15) is 4.79 Å². The van der Waals surface area contributed by atoms with Gasteiger partial charge in [0.15, 0.2) is 0 Å². The summed E-state index contributed by atoms with van der Waals surface area (Å²) in [6.45, 7) is 0.826. The second-order valence-electron chi connectivity index (χ2n) is 3.68. The van der Waals surface area contributed by atoms with E-state index in [4.69, 9.17) is 9.47 Å². The normalized spacial score (nSPS) is 40.4. The molecule has 0 spiro atoms. The molecule has 0 N–H and O–H groups in total. The van der Waals surface area contributed by atoms with E-state index < -0.39 is 0 Å². The zero-order valence-electron chi connectivity index (χ0n) is 7.37. The van der Waals surface area contributed by atoms with E-state index in [1.807, 2.05) is 0 Å².